The maximum Gasteiger partial charge on any atom is 0.146 e. The van der Waals surface area contributed by atoms with Gasteiger partial charge in [0.25, 0.3) is 0 Å². The summed E-state index contributed by atoms with van der Waals surface area (Å²) in [6.45, 7) is 7.14. The molecule has 5 rings (SSSR count). The molecule has 0 spiro atoms. The van der Waals surface area contributed by atoms with Gasteiger partial charge in [0.2, 0.25) is 0 Å². The van der Waals surface area contributed by atoms with Gasteiger partial charge in [-0.2, -0.15) is 0 Å². The SMILES string of the molecule is CC1=C([Si](C)(C2=C(C)[CH]c3ccccc32)c2ccccc2)c2ccccc2[CH]1. The maximum absolute atomic E-state index is 2.55. The second-order valence-corrected chi connectivity index (χ2v) is 11.9. The zero-order valence-electron chi connectivity index (χ0n) is 16.7. The number of hydrogen-bond donors (Lipinski definition) is 0. The zero-order chi connectivity index (χ0) is 19.3. The Morgan fingerprint density at radius 2 is 0.964 bits per heavy atom. The van der Waals surface area contributed by atoms with Gasteiger partial charge in [0.1, 0.15) is 8.07 Å². The van der Waals surface area contributed by atoms with Crippen LogP contribution in [0.3, 0.4) is 0 Å². The standard InChI is InChI=1S/C27H24Si/c1-19-17-21-11-7-9-15-24(21)26(19)28(3,23-13-5-4-6-14-23)27-20(2)18-22-12-8-10-16-25(22)27/h4-18H,1-3H3. The Hall–Kier alpha value is -2.64. The summed E-state index contributed by atoms with van der Waals surface area (Å²) < 4.78 is 0. The molecule has 0 heterocycles. The second-order valence-electron chi connectivity index (χ2n) is 8.07. The summed E-state index contributed by atoms with van der Waals surface area (Å²) in [5.41, 5.74) is 8.40. The first-order valence-electron chi connectivity index (χ1n) is 9.97. The topological polar surface area (TPSA) is 0 Å². The second kappa shape index (κ2) is 6.46. The minimum absolute atomic E-state index is 1.36. The number of fused-ring (bicyclic) bond motifs is 2. The average Bonchev–Trinajstić information content (AvgIpc) is 3.24. The third-order valence-electron chi connectivity index (χ3n) is 6.34. The first-order valence-corrected chi connectivity index (χ1v) is 12.5. The molecule has 0 aromatic heterocycles. The maximum atomic E-state index is 2.55. The van der Waals surface area contributed by atoms with Crippen molar-refractivity contribution in [2.75, 3.05) is 0 Å². The predicted octanol–water partition coefficient (Wildman–Crippen LogP) is 6.13. The number of rotatable bonds is 3. The monoisotopic (exact) mass is 376 g/mol. The normalized spacial score (nSPS) is 15.8. The largest absolute Gasteiger partial charge is 0.146 e. The Morgan fingerprint density at radius 3 is 1.46 bits per heavy atom. The van der Waals surface area contributed by atoms with Crippen LogP contribution >= 0.6 is 0 Å². The van der Waals surface area contributed by atoms with Gasteiger partial charge in [-0.15, -0.1) is 0 Å². The Balaban J connectivity index is 1.83. The minimum Gasteiger partial charge on any atom is -0.0642 e. The van der Waals surface area contributed by atoms with Gasteiger partial charge in [-0.3, -0.25) is 0 Å². The Morgan fingerprint density at radius 1 is 0.536 bits per heavy atom. The number of allylic oxidation sites excluding steroid dienone is 2. The molecule has 2 radical (unpaired) electrons. The molecule has 28 heavy (non-hydrogen) atoms. The van der Waals surface area contributed by atoms with Crippen LogP contribution in [0.25, 0.3) is 10.4 Å². The Kier molecular flexibility index (Phi) is 4.03. The fourth-order valence-corrected chi connectivity index (χ4v) is 10.2. The van der Waals surface area contributed by atoms with Gasteiger partial charge in [0.05, 0.1) is 0 Å². The lowest BCUT2D eigenvalue weighted by atomic mass is 10.1. The minimum atomic E-state index is -2.19. The lowest BCUT2D eigenvalue weighted by Gasteiger charge is -2.34. The molecular weight excluding hydrogens is 352 g/mol. The molecule has 0 saturated carbocycles. The van der Waals surface area contributed by atoms with Crippen molar-refractivity contribution in [1.29, 1.82) is 0 Å². The molecule has 0 unspecified atom stereocenters. The van der Waals surface area contributed by atoms with Crippen LogP contribution in [-0.4, -0.2) is 8.07 Å². The van der Waals surface area contributed by atoms with Crippen LogP contribution in [0.4, 0.5) is 0 Å². The van der Waals surface area contributed by atoms with Crippen molar-refractivity contribution in [1.82, 2.24) is 0 Å². The van der Waals surface area contributed by atoms with Crippen molar-refractivity contribution < 1.29 is 0 Å². The van der Waals surface area contributed by atoms with E-state index in [0.717, 1.165) is 0 Å². The van der Waals surface area contributed by atoms with E-state index in [1.165, 1.54) is 38.6 Å². The van der Waals surface area contributed by atoms with Crippen molar-refractivity contribution >= 4 is 23.7 Å². The van der Waals surface area contributed by atoms with E-state index in [1.807, 2.05) is 0 Å². The van der Waals surface area contributed by atoms with E-state index >= 15 is 0 Å². The van der Waals surface area contributed by atoms with Crippen LogP contribution in [0, 0.1) is 12.8 Å². The van der Waals surface area contributed by atoms with Crippen molar-refractivity contribution in [2.45, 2.75) is 20.4 Å². The van der Waals surface area contributed by atoms with E-state index in [0.29, 0.717) is 0 Å². The van der Waals surface area contributed by atoms with Gasteiger partial charge in [0.15, 0.2) is 0 Å². The molecule has 3 aromatic rings. The van der Waals surface area contributed by atoms with E-state index in [1.54, 1.807) is 10.4 Å². The highest BCUT2D eigenvalue weighted by atomic mass is 28.3. The molecule has 0 N–H and O–H groups in total. The first-order chi connectivity index (χ1) is 13.6. The summed E-state index contributed by atoms with van der Waals surface area (Å²) in [5, 5.41) is 4.61. The predicted molar refractivity (Wildman–Crippen MR) is 123 cm³/mol. The van der Waals surface area contributed by atoms with E-state index in [2.05, 4.69) is 112 Å². The van der Waals surface area contributed by atoms with Crippen LogP contribution in [0.15, 0.2) is 90.0 Å². The third kappa shape index (κ3) is 2.43. The molecule has 0 atom stereocenters. The van der Waals surface area contributed by atoms with Crippen LogP contribution in [0.5, 0.6) is 0 Å². The van der Waals surface area contributed by atoms with Crippen molar-refractivity contribution in [3.8, 4) is 0 Å². The van der Waals surface area contributed by atoms with Crippen LogP contribution in [0.1, 0.15) is 36.1 Å². The lowest BCUT2D eigenvalue weighted by Crippen LogP contribution is -2.48. The van der Waals surface area contributed by atoms with Crippen molar-refractivity contribution in [3.63, 3.8) is 0 Å². The summed E-state index contributed by atoms with van der Waals surface area (Å²) in [4.78, 5) is 0. The fraction of sp³-hybridized carbons (Fsp3) is 0.111. The van der Waals surface area contributed by atoms with Gasteiger partial charge < -0.3 is 0 Å². The van der Waals surface area contributed by atoms with Gasteiger partial charge in [-0.05, 0) is 51.7 Å². The number of hydrogen-bond acceptors (Lipinski definition) is 0. The molecule has 0 fully saturated rings. The van der Waals surface area contributed by atoms with Crippen LogP contribution in [-0.2, 0) is 0 Å². The fourth-order valence-electron chi connectivity index (χ4n) is 5.25. The first kappa shape index (κ1) is 17.5. The Labute approximate surface area is 169 Å². The highest BCUT2D eigenvalue weighted by Gasteiger charge is 2.45. The molecular formula is C27H24Si. The van der Waals surface area contributed by atoms with Crippen molar-refractivity contribution in [2.24, 2.45) is 0 Å². The molecule has 2 aliphatic carbocycles. The summed E-state index contributed by atoms with van der Waals surface area (Å²) in [6.07, 6.45) is 4.75. The third-order valence-corrected chi connectivity index (χ3v) is 11.2. The summed E-state index contributed by atoms with van der Waals surface area (Å²) in [6, 6.07) is 29.0. The van der Waals surface area contributed by atoms with Crippen LogP contribution in [0.2, 0.25) is 6.55 Å². The molecule has 0 aliphatic heterocycles. The van der Waals surface area contributed by atoms with E-state index in [4.69, 9.17) is 0 Å². The lowest BCUT2D eigenvalue weighted by molar-refractivity contribution is 1.45. The van der Waals surface area contributed by atoms with Gasteiger partial charge in [-0.25, -0.2) is 0 Å². The van der Waals surface area contributed by atoms with E-state index in [-0.39, 0.29) is 0 Å². The summed E-state index contributed by atoms with van der Waals surface area (Å²) in [5.74, 6) is 0. The highest BCUT2D eigenvalue weighted by Crippen LogP contribution is 2.48. The van der Waals surface area contributed by atoms with Crippen molar-refractivity contribution in [3.05, 3.63) is 125 Å². The van der Waals surface area contributed by atoms with Crippen LogP contribution < -0.4 is 5.19 Å². The van der Waals surface area contributed by atoms with Gasteiger partial charge in [0, 0.05) is 12.8 Å². The number of benzene rings is 3. The molecule has 2 aliphatic rings. The van der Waals surface area contributed by atoms with E-state index in [9.17, 15) is 0 Å². The quantitative estimate of drug-likeness (QED) is 0.482. The zero-order valence-corrected chi connectivity index (χ0v) is 17.7. The average molecular weight is 377 g/mol. The van der Waals surface area contributed by atoms with Gasteiger partial charge >= 0.3 is 0 Å². The molecule has 136 valence electrons. The molecule has 0 saturated heterocycles. The smallest absolute Gasteiger partial charge is 0.0642 e. The summed E-state index contributed by atoms with van der Waals surface area (Å²) >= 11 is 0. The molecule has 0 bridgehead atoms. The molecule has 0 nitrogen and oxygen atoms in total. The molecule has 3 aromatic carbocycles. The van der Waals surface area contributed by atoms with Gasteiger partial charge in [-0.1, -0.05) is 96.6 Å². The molecule has 1 heteroatoms. The summed E-state index contributed by atoms with van der Waals surface area (Å²) in [7, 11) is -2.19. The van der Waals surface area contributed by atoms with E-state index < -0.39 is 8.07 Å². The Bertz CT molecular complexity index is 1060. The highest BCUT2D eigenvalue weighted by molar-refractivity contribution is 7.18. The molecule has 0 amide bonds.